The Kier molecular flexibility index (Phi) is 14.3. The molecule has 0 unspecified atom stereocenters. The summed E-state index contributed by atoms with van der Waals surface area (Å²) in [5.41, 5.74) is 0. The highest BCUT2D eigenvalue weighted by Gasteiger charge is 1.85. The van der Waals surface area contributed by atoms with Gasteiger partial charge in [-0.15, -0.1) is 0 Å². The minimum atomic E-state index is -1.08. The third-order valence-electron chi connectivity index (χ3n) is 1.21. The first kappa shape index (κ1) is 11.8. The number of hydrogen-bond acceptors (Lipinski definition) is 2. The first-order valence-electron chi connectivity index (χ1n) is 2.99. The lowest BCUT2D eigenvalue weighted by Crippen LogP contribution is -3.08. The quantitative estimate of drug-likeness (QED) is 0.519. The highest BCUT2D eigenvalue weighted by Crippen LogP contribution is 1.53. The summed E-state index contributed by atoms with van der Waals surface area (Å²) < 4.78 is 8.35. The molecule has 0 aromatic carbocycles. The van der Waals surface area contributed by atoms with Gasteiger partial charge in [0.2, 0.25) is 0 Å². The molecule has 0 radical (unpaired) electrons. The molecular weight excluding hydrogens is 137 g/mol. The fourth-order valence-corrected chi connectivity index (χ4v) is 0.250. The lowest BCUT2D eigenvalue weighted by Gasteiger charge is -2.04. The van der Waals surface area contributed by atoms with Gasteiger partial charge in [-0.25, -0.2) is 0 Å². The van der Waals surface area contributed by atoms with Crippen molar-refractivity contribution in [1.82, 2.24) is 0 Å². The Morgan fingerprint density at radius 2 is 1.67 bits per heavy atom. The van der Waals surface area contributed by atoms with Crippen molar-refractivity contribution in [2.75, 3.05) is 20.1 Å². The summed E-state index contributed by atoms with van der Waals surface area (Å²) in [5.74, 6) is 0. The van der Waals surface area contributed by atoms with E-state index in [1.165, 1.54) is 13.1 Å². The van der Waals surface area contributed by atoms with Crippen LogP contribution in [0.4, 0.5) is 0 Å². The van der Waals surface area contributed by atoms with Crippen LogP contribution in [-0.2, 0) is 4.57 Å². The molecule has 4 heteroatoms. The summed E-state index contributed by atoms with van der Waals surface area (Å²) in [7, 11) is 1.11. The standard InChI is InChI=1S/C5H13N.HO2P/c1-4-6(3)5-2;1-3-2/h4-5H2,1-3H3;(H,1,2). The first-order chi connectivity index (χ1) is 4.22. The van der Waals surface area contributed by atoms with Gasteiger partial charge in [-0.2, -0.15) is 0 Å². The average Bonchev–Trinajstić information content (AvgIpc) is 1.88. The number of nitrogens with one attached hydrogen (secondary N) is 1. The van der Waals surface area contributed by atoms with Crippen molar-refractivity contribution in [2.45, 2.75) is 13.8 Å². The summed E-state index contributed by atoms with van der Waals surface area (Å²) in [6, 6.07) is 0. The Labute approximate surface area is 58.0 Å². The molecular formula is C5H14NO2P. The molecule has 9 heavy (non-hydrogen) atoms. The summed E-state index contributed by atoms with van der Waals surface area (Å²) in [5, 5.41) is 0. The van der Waals surface area contributed by atoms with Gasteiger partial charge in [0.1, 0.15) is 0 Å². The third-order valence-corrected chi connectivity index (χ3v) is 1.21. The van der Waals surface area contributed by atoms with Crippen molar-refractivity contribution >= 4 is 8.69 Å². The van der Waals surface area contributed by atoms with Gasteiger partial charge in [-0.1, -0.05) is 0 Å². The fraction of sp³-hybridized carbons (Fsp3) is 1.00. The smallest absolute Gasteiger partial charge is 0.0740 e. The molecule has 0 bridgehead atoms. The van der Waals surface area contributed by atoms with Gasteiger partial charge in [-0.05, 0) is 13.8 Å². The van der Waals surface area contributed by atoms with Crippen LogP contribution < -0.4 is 9.79 Å². The van der Waals surface area contributed by atoms with E-state index in [1.54, 1.807) is 4.90 Å². The normalized spacial score (nSPS) is 9.00. The second-order valence-corrected chi connectivity index (χ2v) is 1.89. The van der Waals surface area contributed by atoms with E-state index in [2.05, 4.69) is 20.9 Å². The van der Waals surface area contributed by atoms with E-state index in [4.69, 9.17) is 9.46 Å². The second kappa shape index (κ2) is 10.9. The van der Waals surface area contributed by atoms with Gasteiger partial charge in [0.25, 0.3) is 0 Å². The van der Waals surface area contributed by atoms with Gasteiger partial charge in [0.15, 0.2) is 0 Å². The predicted octanol–water partition coefficient (Wildman–Crippen LogP) is -0.906. The predicted molar refractivity (Wildman–Crippen MR) is 35.6 cm³/mol. The molecule has 0 aliphatic carbocycles. The summed E-state index contributed by atoms with van der Waals surface area (Å²) >= 11 is 0. The molecule has 0 aliphatic heterocycles. The lowest BCUT2D eigenvalue weighted by atomic mass is 10.6. The monoisotopic (exact) mass is 151 g/mol. The van der Waals surface area contributed by atoms with E-state index in [1.807, 2.05) is 0 Å². The van der Waals surface area contributed by atoms with Crippen molar-refractivity contribution < 1.29 is 14.4 Å². The van der Waals surface area contributed by atoms with Crippen LogP contribution in [0.3, 0.4) is 0 Å². The molecule has 0 amide bonds. The SMILES string of the molecule is CC[NH+](C)CC.O=P[O-]. The first-order valence-corrected chi connectivity index (χ1v) is 3.72. The van der Waals surface area contributed by atoms with Crippen molar-refractivity contribution in [1.29, 1.82) is 0 Å². The summed E-state index contributed by atoms with van der Waals surface area (Å²) in [4.78, 5) is 9.94. The van der Waals surface area contributed by atoms with Crippen LogP contribution in [0.2, 0.25) is 0 Å². The van der Waals surface area contributed by atoms with E-state index in [9.17, 15) is 0 Å². The van der Waals surface area contributed by atoms with E-state index in [0.29, 0.717) is 0 Å². The molecule has 0 saturated carbocycles. The third kappa shape index (κ3) is 18.0. The van der Waals surface area contributed by atoms with Gasteiger partial charge in [0.05, 0.1) is 28.8 Å². The van der Waals surface area contributed by atoms with Crippen molar-refractivity contribution in [2.24, 2.45) is 0 Å². The van der Waals surface area contributed by atoms with Crippen molar-refractivity contribution in [3.8, 4) is 0 Å². The molecule has 0 atom stereocenters. The molecule has 0 aliphatic rings. The number of hydrogen-bond donors (Lipinski definition) is 1. The van der Waals surface area contributed by atoms with E-state index < -0.39 is 8.69 Å². The fourth-order valence-electron chi connectivity index (χ4n) is 0.250. The molecule has 0 heterocycles. The van der Waals surface area contributed by atoms with Crippen molar-refractivity contribution in [3.63, 3.8) is 0 Å². The minimum Gasteiger partial charge on any atom is -0.772 e. The van der Waals surface area contributed by atoms with Gasteiger partial charge in [-0.3, -0.25) is 4.57 Å². The summed E-state index contributed by atoms with van der Waals surface area (Å²) in [6.07, 6.45) is 0. The molecule has 0 aromatic heterocycles. The largest absolute Gasteiger partial charge is 0.772 e. The highest BCUT2D eigenvalue weighted by atomic mass is 31.1. The van der Waals surface area contributed by atoms with E-state index in [-0.39, 0.29) is 0 Å². The summed E-state index contributed by atoms with van der Waals surface area (Å²) in [6.45, 7) is 6.88. The van der Waals surface area contributed by atoms with Crippen molar-refractivity contribution in [3.05, 3.63) is 0 Å². The van der Waals surface area contributed by atoms with Crippen LogP contribution in [0.5, 0.6) is 0 Å². The molecule has 0 saturated heterocycles. The lowest BCUT2D eigenvalue weighted by molar-refractivity contribution is -0.875. The maximum atomic E-state index is 8.35. The molecule has 3 nitrogen and oxygen atoms in total. The van der Waals surface area contributed by atoms with Crippen LogP contribution in [0, 0.1) is 0 Å². The minimum absolute atomic E-state index is 1.08. The Morgan fingerprint density at radius 1 is 1.44 bits per heavy atom. The van der Waals surface area contributed by atoms with Crippen LogP contribution in [0.25, 0.3) is 0 Å². The van der Waals surface area contributed by atoms with Gasteiger partial charge >= 0.3 is 0 Å². The molecule has 0 aromatic rings. The zero-order valence-electron chi connectivity index (χ0n) is 6.18. The molecule has 1 N–H and O–H groups in total. The highest BCUT2D eigenvalue weighted by molar-refractivity contribution is 7.14. The molecule has 0 spiro atoms. The van der Waals surface area contributed by atoms with Crippen LogP contribution in [0.15, 0.2) is 0 Å². The zero-order chi connectivity index (χ0) is 7.70. The van der Waals surface area contributed by atoms with Gasteiger partial charge < -0.3 is 9.79 Å². The van der Waals surface area contributed by atoms with Crippen LogP contribution in [0.1, 0.15) is 13.8 Å². The van der Waals surface area contributed by atoms with Gasteiger partial charge in [0, 0.05) is 0 Å². The van der Waals surface area contributed by atoms with E-state index >= 15 is 0 Å². The Hall–Kier alpha value is 0.0200. The Morgan fingerprint density at radius 3 is 1.67 bits per heavy atom. The maximum Gasteiger partial charge on any atom is 0.0740 e. The Balaban J connectivity index is 0. The molecule has 0 fully saturated rings. The number of quaternary nitrogens is 1. The molecule has 0 rings (SSSR count). The van der Waals surface area contributed by atoms with E-state index in [0.717, 1.165) is 0 Å². The zero-order valence-corrected chi connectivity index (χ0v) is 7.07. The van der Waals surface area contributed by atoms with Crippen LogP contribution in [-0.4, -0.2) is 20.1 Å². The topological polar surface area (TPSA) is 44.6 Å². The number of rotatable bonds is 2. The average molecular weight is 151 g/mol. The van der Waals surface area contributed by atoms with Crippen LogP contribution >= 0.6 is 8.69 Å². The maximum absolute atomic E-state index is 8.35. The Bertz CT molecular complexity index is 56.9. The second-order valence-electron chi connectivity index (χ2n) is 1.74. The molecule has 56 valence electrons.